The summed E-state index contributed by atoms with van der Waals surface area (Å²) < 4.78 is 5.01. The summed E-state index contributed by atoms with van der Waals surface area (Å²) in [6.45, 7) is 5.55. The van der Waals surface area contributed by atoms with Crippen LogP contribution in [-0.4, -0.2) is 55.4 Å². The smallest absolute Gasteiger partial charge is 0.136 e. The molecule has 2 aliphatic rings. The molecule has 1 saturated heterocycles. The van der Waals surface area contributed by atoms with Crippen molar-refractivity contribution in [2.75, 3.05) is 37.7 Å². The molecule has 3 heterocycles. The number of ether oxygens (including phenoxy) is 1. The zero-order valence-electron chi connectivity index (χ0n) is 16.4. The quantitative estimate of drug-likeness (QED) is 0.526. The minimum atomic E-state index is 0.703. The van der Waals surface area contributed by atoms with Gasteiger partial charge in [0, 0.05) is 49.7 Å². The number of hydrogen-bond acceptors (Lipinski definition) is 7. The summed E-state index contributed by atoms with van der Waals surface area (Å²) in [5.41, 5.74) is 9.52. The van der Waals surface area contributed by atoms with E-state index in [2.05, 4.69) is 37.3 Å². The van der Waals surface area contributed by atoms with Crippen LogP contribution in [0.15, 0.2) is 47.9 Å². The van der Waals surface area contributed by atoms with Crippen LogP contribution < -0.4 is 16.0 Å². The first-order chi connectivity index (χ1) is 14.3. The number of benzene rings is 1. The number of aromatic nitrogens is 2. The first kappa shape index (κ1) is 20.6. The maximum atomic E-state index is 7.01. The fourth-order valence-electron chi connectivity index (χ4n) is 3.28. The van der Waals surface area contributed by atoms with E-state index in [1.807, 2.05) is 18.2 Å². The molecule has 0 amide bonds. The third-order valence-corrected chi connectivity index (χ3v) is 4.66. The second-order valence-electron chi connectivity index (χ2n) is 6.57. The van der Waals surface area contributed by atoms with E-state index < -0.39 is 0 Å². The molecule has 8 nitrogen and oxygen atoms in total. The Hall–Kier alpha value is -3.10. The minimum Gasteiger partial charge on any atom is -0.404 e. The molecule has 1 aromatic heterocycles. The summed E-state index contributed by atoms with van der Waals surface area (Å²) in [5, 5.41) is 10.2. The van der Waals surface area contributed by atoms with Gasteiger partial charge in [0.2, 0.25) is 0 Å². The van der Waals surface area contributed by atoms with E-state index in [1.165, 1.54) is 11.8 Å². The van der Waals surface area contributed by atoms with Crippen LogP contribution in [0.25, 0.3) is 5.57 Å². The molecule has 0 atom stereocenters. The average Bonchev–Trinajstić information content (AvgIpc) is 3.20. The lowest BCUT2D eigenvalue weighted by Gasteiger charge is -2.18. The molecular formula is C21H27N7O. The highest BCUT2D eigenvalue weighted by molar-refractivity contribution is 6.11. The van der Waals surface area contributed by atoms with Crippen LogP contribution in [0.2, 0.25) is 0 Å². The van der Waals surface area contributed by atoms with E-state index in [0.717, 1.165) is 69.2 Å². The van der Waals surface area contributed by atoms with Crippen molar-refractivity contribution in [1.29, 1.82) is 5.41 Å². The number of fused-ring (bicyclic) bond motifs is 1. The summed E-state index contributed by atoms with van der Waals surface area (Å²) in [6.07, 6.45) is 6.42. The van der Waals surface area contributed by atoms with Crippen LogP contribution in [0, 0.1) is 5.41 Å². The van der Waals surface area contributed by atoms with Crippen molar-refractivity contribution in [3.63, 3.8) is 0 Å². The highest BCUT2D eigenvalue weighted by Gasteiger charge is 2.25. The number of hydrogen-bond donors (Lipinski definition) is 3. The first-order valence-corrected chi connectivity index (χ1v) is 9.69. The maximum absolute atomic E-state index is 7.01. The molecule has 0 bridgehead atoms. The van der Waals surface area contributed by atoms with Gasteiger partial charge in [-0.15, -0.1) is 0 Å². The number of anilines is 1. The van der Waals surface area contributed by atoms with Crippen LogP contribution >= 0.6 is 0 Å². The van der Waals surface area contributed by atoms with Crippen molar-refractivity contribution in [2.24, 2.45) is 10.7 Å². The predicted octanol–water partition coefficient (Wildman–Crippen LogP) is 1.62. The Labute approximate surface area is 171 Å². The van der Waals surface area contributed by atoms with Crippen LogP contribution in [-0.2, 0) is 17.7 Å². The fourth-order valence-corrected chi connectivity index (χ4v) is 3.28. The van der Waals surface area contributed by atoms with E-state index >= 15 is 0 Å². The molecule has 29 heavy (non-hydrogen) atoms. The second-order valence-corrected chi connectivity index (χ2v) is 6.57. The molecule has 8 heteroatoms. The Morgan fingerprint density at radius 1 is 1.24 bits per heavy atom. The summed E-state index contributed by atoms with van der Waals surface area (Å²) in [7, 11) is 0. The molecule has 2 aromatic rings. The first-order valence-electron chi connectivity index (χ1n) is 9.69. The molecule has 0 aliphatic carbocycles. The molecule has 0 spiro atoms. The predicted molar refractivity (Wildman–Crippen MR) is 116 cm³/mol. The summed E-state index contributed by atoms with van der Waals surface area (Å²) in [6, 6.07) is 10.3. The van der Waals surface area contributed by atoms with Crippen molar-refractivity contribution in [2.45, 2.75) is 13.0 Å². The normalized spacial score (nSPS) is 16.3. The van der Waals surface area contributed by atoms with Gasteiger partial charge in [0.15, 0.2) is 0 Å². The molecule has 1 aromatic carbocycles. The highest BCUT2D eigenvalue weighted by atomic mass is 16.5. The van der Waals surface area contributed by atoms with E-state index in [0.29, 0.717) is 5.57 Å². The topological polar surface area (TPSA) is 113 Å². The number of nitrogens with one attached hydrogen (secondary N) is 2. The standard InChI is InChI=1S/C17H18N6.C4H9NO/c18-8-14(9-20-11-19)16-15-6-7-23(17(15)22-12-21-16)10-13-4-2-1-3-5-13;1-3-6-4-2-5-1/h1-5,8-9,11-12,19H,6-7,10,18H2;5H,1-4H2. The Balaban J connectivity index is 0.000000343. The van der Waals surface area contributed by atoms with Crippen LogP contribution in [0.3, 0.4) is 0 Å². The van der Waals surface area contributed by atoms with Gasteiger partial charge in [-0.1, -0.05) is 30.3 Å². The van der Waals surface area contributed by atoms with E-state index in [1.54, 1.807) is 12.5 Å². The van der Waals surface area contributed by atoms with Gasteiger partial charge in [-0.2, -0.15) is 0 Å². The van der Waals surface area contributed by atoms with Gasteiger partial charge >= 0.3 is 0 Å². The van der Waals surface area contributed by atoms with Crippen LogP contribution in [0.5, 0.6) is 0 Å². The summed E-state index contributed by atoms with van der Waals surface area (Å²) in [5.74, 6) is 0.946. The average molecular weight is 393 g/mol. The zero-order chi connectivity index (χ0) is 20.3. The molecule has 2 aliphatic heterocycles. The van der Waals surface area contributed by atoms with Gasteiger partial charge in [0.05, 0.1) is 18.9 Å². The van der Waals surface area contributed by atoms with Gasteiger partial charge in [0.1, 0.15) is 18.5 Å². The largest absolute Gasteiger partial charge is 0.404 e. The summed E-state index contributed by atoms with van der Waals surface area (Å²) >= 11 is 0. The molecule has 4 rings (SSSR count). The Bertz CT molecular complexity index is 836. The Morgan fingerprint density at radius 3 is 2.66 bits per heavy atom. The van der Waals surface area contributed by atoms with Gasteiger partial charge in [-0.05, 0) is 12.0 Å². The highest BCUT2D eigenvalue weighted by Crippen LogP contribution is 2.31. The Morgan fingerprint density at radius 2 is 2.03 bits per heavy atom. The number of allylic oxidation sites excluding steroid dienone is 1. The van der Waals surface area contributed by atoms with Crippen molar-refractivity contribution < 1.29 is 4.74 Å². The van der Waals surface area contributed by atoms with Crippen LogP contribution in [0.4, 0.5) is 5.82 Å². The molecular weight excluding hydrogens is 366 g/mol. The van der Waals surface area contributed by atoms with Crippen molar-refractivity contribution >= 4 is 23.9 Å². The third kappa shape index (κ3) is 5.69. The molecule has 0 saturated carbocycles. The number of aliphatic imine (C=N–C) groups is 1. The minimum absolute atomic E-state index is 0.703. The third-order valence-electron chi connectivity index (χ3n) is 4.66. The van der Waals surface area contributed by atoms with Crippen molar-refractivity contribution in [1.82, 2.24) is 15.3 Å². The van der Waals surface area contributed by atoms with E-state index in [-0.39, 0.29) is 0 Å². The molecule has 4 N–H and O–H groups in total. The molecule has 0 unspecified atom stereocenters. The van der Waals surface area contributed by atoms with Crippen molar-refractivity contribution in [3.8, 4) is 0 Å². The van der Waals surface area contributed by atoms with E-state index in [4.69, 9.17) is 15.9 Å². The summed E-state index contributed by atoms with van der Waals surface area (Å²) in [4.78, 5) is 14.9. The Kier molecular flexibility index (Phi) is 7.85. The van der Waals surface area contributed by atoms with Crippen LogP contribution in [0.1, 0.15) is 16.8 Å². The number of morpholine rings is 1. The fraction of sp³-hybridized carbons (Fsp3) is 0.333. The van der Waals surface area contributed by atoms with Gasteiger partial charge in [-0.25, -0.2) is 15.0 Å². The lowest BCUT2D eigenvalue weighted by molar-refractivity contribution is 0.109. The lowest BCUT2D eigenvalue weighted by atomic mass is 10.1. The van der Waals surface area contributed by atoms with Gasteiger partial charge in [0.25, 0.3) is 0 Å². The monoisotopic (exact) mass is 393 g/mol. The molecule has 0 radical (unpaired) electrons. The van der Waals surface area contributed by atoms with E-state index in [9.17, 15) is 0 Å². The van der Waals surface area contributed by atoms with Gasteiger partial charge in [-0.3, -0.25) is 5.41 Å². The lowest BCUT2D eigenvalue weighted by Crippen LogP contribution is -2.30. The number of nitrogens with zero attached hydrogens (tertiary/aromatic N) is 4. The van der Waals surface area contributed by atoms with Gasteiger partial charge < -0.3 is 20.7 Å². The number of nitrogens with two attached hydrogens (primary N) is 1. The number of rotatable bonds is 5. The molecule has 152 valence electrons. The maximum Gasteiger partial charge on any atom is 0.136 e. The second kappa shape index (κ2) is 11.0. The molecule has 1 fully saturated rings. The van der Waals surface area contributed by atoms with Crippen molar-refractivity contribution in [3.05, 3.63) is 59.7 Å². The SMILES string of the molecule is C1COCCN1.N=CN=CC(=CN)c1ncnc2c1CCN2Cc1ccccc1. The zero-order valence-corrected chi connectivity index (χ0v) is 16.4.